The van der Waals surface area contributed by atoms with Crippen molar-refractivity contribution < 1.29 is 9.53 Å². The van der Waals surface area contributed by atoms with Crippen LogP contribution >= 0.6 is 0 Å². The molecule has 0 spiro atoms. The topological polar surface area (TPSA) is 26.3 Å². The lowest BCUT2D eigenvalue weighted by molar-refractivity contribution is -0.135. The van der Waals surface area contributed by atoms with Gasteiger partial charge in [0.1, 0.15) is 0 Å². The van der Waals surface area contributed by atoms with Crippen LogP contribution in [0.25, 0.3) is 0 Å². The zero-order valence-electron chi connectivity index (χ0n) is 10.5. The van der Waals surface area contributed by atoms with Crippen LogP contribution in [0, 0.1) is 5.41 Å². The molecule has 0 N–H and O–H groups in total. The molecule has 0 heterocycles. The molecule has 0 aliphatic heterocycles. The molecule has 2 nitrogen and oxygen atoms in total. The summed E-state index contributed by atoms with van der Waals surface area (Å²) in [4.78, 5) is 11.2. The molecule has 0 unspecified atom stereocenters. The third-order valence-electron chi connectivity index (χ3n) is 2.43. The van der Waals surface area contributed by atoms with Gasteiger partial charge in [0.2, 0.25) is 0 Å². The Kier molecular flexibility index (Phi) is 4.11. The first-order valence-corrected chi connectivity index (χ1v) is 5.58. The monoisotopic (exact) mass is 220 g/mol. The van der Waals surface area contributed by atoms with Crippen LogP contribution in [0.5, 0.6) is 0 Å². The van der Waals surface area contributed by atoms with Gasteiger partial charge in [0.25, 0.3) is 0 Å². The number of carbonyl (C=O) groups excluding carboxylic acids is 1. The van der Waals surface area contributed by atoms with Gasteiger partial charge in [0.05, 0.1) is 12.7 Å². The lowest BCUT2D eigenvalue weighted by atomic mass is 9.90. The molecule has 1 rings (SSSR count). The second-order valence-corrected chi connectivity index (χ2v) is 5.23. The summed E-state index contributed by atoms with van der Waals surface area (Å²) in [5.41, 5.74) is 2.23. The van der Waals surface area contributed by atoms with E-state index in [2.05, 4.69) is 31.6 Å². The minimum Gasteiger partial charge on any atom is -0.465 e. The maximum Gasteiger partial charge on any atom is 0.337 e. The normalized spacial score (nSPS) is 18.5. The van der Waals surface area contributed by atoms with Crippen molar-refractivity contribution in [3.63, 3.8) is 0 Å². The van der Waals surface area contributed by atoms with Gasteiger partial charge >= 0.3 is 5.97 Å². The summed E-state index contributed by atoms with van der Waals surface area (Å²) < 4.78 is 4.66. The first-order valence-electron chi connectivity index (χ1n) is 5.58. The molecule has 0 saturated heterocycles. The van der Waals surface area contributed by atoms with Gasteiger partial charge in [0, 0.05) is 0 Å². The quantitative estimate of drug-likeness (QED) is 0.667. The summed E-state index contributed by atoms with van der Waals surface area (Å²) in [6, 6.07) is 0. The van der Waals surface area contributed by atoms with Crippen LogP contribution in [0.4, 0.5) is 0 Å². The summed E-state index contributed by atoms with van der Waals surface area (Å²) in [7, 11) is 1.40. The zero-order chi connectivity index (χ0) is 12.2. The third kappa shape index (κ3) is 4.05. The number of hydrogen-bond donors (Lipinski definition) is 0. The van der Waals surface area contributed by atoms with E-state index in [1.165, 1.54) is 12.7 Å². The van der Waals surface area contributed by atoms with Crippen molar-refractivity contribution in [1.82, 2.24) is 0 Å². The minimum atomic E-state index is -0.258. The molecule has 0 fully saturated rings. The highest BCUT2D eigenvalue weighted by Crippen LogP contribution is 2.23. The summed E-state index contributed by atoms with van der Waals surface area (Å²) in [5, 5.41) is 0. The van der Waals surface area contributed by atoms with Crippen molar-refractivity contribution in [2.75, 3.05) is 7.11 Å². The largest absolute Gasteiger partial charge is 0.465 e. The Bertz CT molecular complexity index is 351. The number of rotatable bonds is 2. The van der Waals surface area contributed by atoms with E-state index in [-0.39, 0.29) is 5.97 Å². The molecule has 0 radical (unpaired) electrons. The van der Waals surface area contributed by atoms with Gasteiger partial charge in [-0.05, 0) is 29.9 Å². The van der Waals surface area contributed by atoms with Crippen LogP contribution in [-0.2, 0) is 9.53 Å². The fourth-order valence-electron chi connectivity index (χ4n) is 1.42. The number of esters is 1. The number of methoxy groups -OCH3 is 1. The first-order chi connectivity index (χ1) is 7.42. The molecule has 0 aromatic heterocycles. The fraction of sp³-hybridized carbons (Fsp3) is 0.500. The van der Waals surface area contributed by atoms with Gasteiger partial charge in [0.15, 0.2) is 0 Å². The molecule has 0 atom stereocenters. The second-order valence-electron chi connectivity index (χ2n) is 5.23. The molecular weight excluding hydrogens is 200 g/mol. The number of hydrogen-bond acceptors (Lipinski definition) is 2. The van der Waals surface area contributed by atoms with Gasteiger partial charge in [-0.2, -0.15) is 0 Å². The standard InChI is InChI=1S/C14H20O2/c1-14(2,3)10-9-11-5-7-12(8-6-11)13(15)16-4/h5,7-9H,6,10H2,1-4H3. The molecule has 0 aromatic rings. The molecule has 2 heteroatoms. The van der Waals surface area contributed by atoms with Crippen LogP contribution in [-0.4, -0.2) is 13.1 Å². The maximum absolute atomic E-state index is 11.2. The van der Waals surface area contributed by atoms with Gasteiger partial charge in [-0.1, -0.05) is 39.0 Å². The predicted molar refractivity (Wildman–Crippen MR) is 66.0 cm³/mol. The molecule has 16 heavy (non-hydrogen) atoms. The maximum atomic E-state index is 11.2. The Morgan fingerprint density at radius 3 is 2.56 bits per heavy atom. The summed E-state index contributed by atoms with van der Waals surface area (Å²) in [6.07, 6.45) is 9.84. The van der Waals surface area contributed by atoms with Crippen LogP contribution in [0.1, 0.15) is 33.6 Å². The van der Waals surface area contributed by atoms with Crippen molar-refractivity contribution >= 4 is 5.97 Å². The lowest BCUT2D eigenvalue weighted by Crippen LogP contribution is -2.05. The Balaban J connectivity index is 2.59. The van der Waals surface area contributed by atoms with E-state index in [9.17, 15) is 4.79 Å². The Hall–Kier alpha value is -1.31. The van der Waals surface area contributed by atoms with Crippen molar-refractivity contribution in [1.29, 1.82) is 0 Å². The molecule has 0 bridgehead atoms. The lowest BCUT2D eigenvalue weighted by Gasteiger charge is -2.16. The molecule has 0 saturated carbocycles. The van der Waals surface area contributed by atoms with Crippen molar-refractivity contribution in [3.05, 3.63) is 35.5 Å². The Labute approximate surface area is 97.7 Å². The minimum absolute atomic E-state index is 0.258. The highest BCUT2D eigenvalue weighted by atomic mass is 16.5. The van der Waals surface area contributed by atoms with Gasteiger partial charge in [-0.15, -0.1) is 0 Å². The highest BCUT2D eigenvalue weighted by molar-refractivity contribution is 5.92. The molecular formula is C14H20O2. The Morgan fingerprint density at radius 1 is 1.44 bits per heavy atom. The van der Waals surface area contributed by atoms with Crippen molar-refractivity contribution in [2.24, 2.45) is 5.41 Å². The third-order valence-corrected chi connectivity index (χ3v) is 2.43. The van der Waals surface area contributed by atoms with E-state index in [0.29, 0.717) is 11.0 Å². The SMILES string of the molecule is COC(=O)C1=CCC(=CCC(C)(C)C)C=C1. The van der Waals surface area contributed by atoms with E-state index in [1.807, 2.05) is 18.2 Å². The van der Waals surface area contributed by atoms with Crippen LogP contribution in [0.15, 0.2) is 35.5 Å². The van der Waals surface area contributed by atoms with Gasteiger partial charge < -0.3 is 4.74 Å². The zero-order valence-corrected chi connectivity index (χ0v) is 10.5. The predicted octanol–water partition coefficient (Wildman–Crippen LogP) is 3.41. The number of allylic oxidation sites excluding steroid dienone is 4. The molecule has 0 amide bonds. The summed E-state index contributed by atoms with van der Waals surface area (Å²) >= 11 is 0. The summed E-state index contributed by atoms with van der Waals surface area (Å²) in [6.45, 7) is 6.64. The Morgan fingerprint density at radius 2 is 2.12 bits per heavy atom. The van der Waals surface area contributed by atoms with E-state index < -0.39 is 0 Å². The smallest absolute Gasteiger partial charge is 0.337 e. The first kappa shape index (κ1) is 12.8. The van der Waals surface area contributed by atoms with E-state index in [1.54, 1.807) is 0 Å². The van der Waals surface area contributed by atoms with Crippen molar-refractivity contribution in [3.8, 4) is 0 Å². The molecule has 1 aliphatic rings. The highest BCUT2D eigenvalue weighted by Gasteiger charge is 2.11. The second kappa shape index (κ2) is 5.15. The van der Waals surface area contributed by atoms with E-state index >= 15 is 0 Å². The average Bonchev–Trinajstić information content (AvgIpc) is 2.25. The van der Waals surface area contributed by atoms with Crippen LogP contribution in [0.3, 0.4) is 0 Å². The number of carbonyl (C=O) groups is 1. The van der Waals surface area contributed by atoms with Crippen molar-refractivity contribution in [2.45, 2.75) is 33.6 Å². The van der Waals surface area contributed by atoms with Crippen LogP contribution < -0.4 is 0 Å². The summed E-state index contributed by atoms with van der Waals surface area (Å²) in [5.74, 6) is -0.258. The van der Waals surface area contributed by atoms with E-state index in [0.717, 1.165) is 12.8 Å². The van der Waals surface area contributed by atoms with Gasteiger partial charge in [-0.3, -0.25) is 0 Å². The van der Waals surface area contributed by atoms with Gasteiger partial charge in [-0.25, -0.2) is 4.79 Å². The van der Waals surface area contributed by atoms with Crippen LogP contribution in [0.2, 0.25) is 0 Å². The average molecular weight is 220 g/mol. The molecule has 0 aromatic carbocycles. The number of ether oxygens (including phenoxy) is 1. The molecule has 1 aliphatic carbocycles. The fourth-order valence-corrected chi connectivity index (χ4v) is 1.42. The van der Waals surface area contributed by atoms with E-state index in [4.69, 9.17) is 0 Å². The molecule has 88 valence electrons.